The lowest BCUT2D eigenvalue weighted by Gasteiger charge is -2.03. The fraction of sp³-hybridized carbons (Fsp3) is 0. The van der Waals surface area contributed by atoms with Gasteiger partial charge in [0.15, 0.2) is 0 Å². The molecule has 2 aromatic rings. The van der Waals surface area contributed by atoms with E-state index in [1.54, 1.807) is 48.5 Å². The van der Waals surface area contributed by atoms with E-state index < -0.39 is 11.8 Å². The summed E-state index contributed by atoms with van der Waals surface area (Å²) < 4.78 is 13.5. The van der Waals surface area contributed by atoms with Crippen LogP contribution < -0.4 is 0 Å². The first-order valence-corrected chi connectivity index (χ1v) is 5.43. The third-order valence-corrected chi connectivity index (χ3v) is 2.52. The largest absolute Gasteiger partial charge is 0.478 e. The highest BCUT2D eigenvalue weighted by molar-refractivity contribution is 6.20. The predicted octanol–water partition coefficient (Wildman–Crippen LogP) is 3.45. The lowest BCUT2D eigenvalue weighted by Crippen LogP contribution is -1.99. The van der Waals surface area contributed by atoms with Gasteiger partial charge < -0.3 is 5.11 Å². The van der Waals surface area contributed by atoms with Crippen molar-refractivity contribution in [2.24, 2.45) is 0 Å². The molecule has 2 nitrogen and oxygen atoms in total. The molecule has 0 amide bonds. The fourth-order valence-electron chi connectivity index (χ4n) is 1.63. The van der Waals surface area contributed by atoms with Gasteiger partial charge in [0.2, 0.25) is 0 Å². The molecular weight excluding hydrogens is 231 g/mol. The maximum absolute atomic E-state index is 13.5. The van der Waals surface area contributed by atoms with Crippen LogP contribution in [0, 0.1) is 5.82 Å². The van der Waals surface area contributed by atoms with E-state index in [0.29, 0.717) is 5.56 Å². The second-order valence-electron chi connectivity index (χ2n) is 3.75. The molecule has 0 radical (unpaired) electrons. The molecule has 1 N–H and O–H groups in total. The first kappa shape index (κ1) is 12.0. The monoisotopic (exact) mass is 242 g/mol. The Kier molecular flexibility index (Phi) is 3.53. The van der Waals surface area contributed by atoms with Crippen LogP contribution in [0.2, 0.25) is 0 Å². The predicted molar refractivity (Wildman–Crippen MR) is 68.3 cm³/mol. The molecule has 18 heavy (non-hydrogen) atoms. The highest BCUT2D eigenvalue weighted by Gasteiger charge is 2.10. The Balaban J connectivity index is 2.50. The number of benzene rings is 2. The average molecular weight is 242 g/mol. The van der Waals surface area contributed by atoms with Crippen molar-refractivity contribution in [3.63, 3.8) is 0 Å². The summed E-state index contributed by atoms with van der Waals surface area (Å²) in [6, 6.07) is 14.7. The molecule has 0 saturated carbocycles. The molecule has 0 aliphatic heterocycles. The van der Waals surface area contributed by atoms with Crippen LogP contribution in [0.5, 0.6) is 0 Å². The Morgan fingerprint density at radius 1 is 1.00 bits per heavy atom. The zero-order valence-electron chi connectivity index (χ0n) is 9.51. The molecule has 0 aromatic heterocycles. The van der Waals surface area contributed by atoms with E-state index >= 15 is 0 Å². The molecule has 0 fully saturated rings. The zero-order valence-corrected chi connectivity index (χ0v) is 9.51. The minimum absolute atomic E-state index is 0.0701. The summed E-state index contributed by atoms with van der Waals surface area (Å²) in [5.74, 6) is -1.52. The van der Waals surface area contributed by atoms with Crippen LogP contribution in [-0.2, 0) is 4.79 Å². The van der Waals surface area contributed by atoms with E-state index in [-0.39, 0.29) is 11.1 Å². The molecular formula is C15H11FO2. The quantitative estimate of drug-likeness (QED) is 0.661. The van der Waals surface area contributed by atoms with Crippen molar-refractivity contribution in [3.8, 4) is 0 Å². The third-order valence-electron chi connectivity index (χ3n) is 2.52. The first-order chi connectivity index (χ1) is 8.68. The van der Waals surface area contributed by atoms with Crippen LogP contribution in [0.1, 0.15) is 11.1 Å². The van der Waals surface area contributed by atoms with Gasteiger partial charge in [-0.05, 0) is 17.7 Å². The maximum atomic E-state index is 13.5. The number of rotatable bonds is 3. The summed E-state index contributed by atoms with van der Waals surface area (Å²) in [5, 5.41) is 9.19. The van der Waals surface area contributed by atoms with E-state index in [1.165, 1.54) is 12.1 Å². The minimum Gasteiger partial charge on any atom is -0.478 e. The van der Waals surface area contributed by atoms with Crippen LogP contribution in [0.25, 0.3) is 11.6 Å². The number of carboxylic acid groups (broad SMARTS) is 1. The normalized spacial score (nSPS) is 11.3. The van der Waals surface area contributed by atoms with Crippen molar-refractivity contribution in [2.45, 2.75) is 0 Å². The van der Waals surface area contributed by atoms with Gasteiger partial charge >= 0.3 is 5.97 Å². The second-order valence-corrected chi connectivity index (χ2v) is 3.75. The van der Waals surface area contributed by atoms with Crippen molar-refractivity contribution in [1.29, 1.82) is 0 Å². The van der Waals surface area contributed by atoms with Gasteiger partial charge in [-0.15, -0.1) is 0 Å². The number of halogens is 1. The summed E-state index contributed by atoms with van der Waals surface area (Å²) in [6.07, 6.45) is 1.34. The number of carbonyl (C=O) groups is 1. The topological polar surface area (TPSA) is 37.3 Å². The van der Waals surface area contributed by atoms with Crippen molar-refractivity contribution < 1.29 is 14.3 Å². The SMILES string of the molecule is O=C(O)/C(=C/c1ccccc1F)c1ccccc1. The minimum atomic E-state index is -1.08. The molecule has 0 aliphatic rings. The summed E-state index contributed by atoms with van der Waals surface area (Å²) in [7, 11) is 0. The number of carboxylic acids is 1. The smallest absolute Gasteiger partial charge is 0.336 e. The number of hydrogen-bond donors (Lipinski definition) is 1. The molecule has 0 spiro atoms. The van der Waals surface area contributed by atoms with Crippen LogP contribution in [0.4, 0.5) is 4.39 Å². The van der Waals surface area contributed by atoms with Gasteiger partial charge in [-0.3, -0.25) is 0 Å². The average Bonchev–Trinajstić information content (AvgIpc) is 2.38. The molecule has 0 bridgehead atoms. The molecule has 0 heterocycles. The third kappa shape index (κ3) is 2.63. The Morgan fingerprint density at radius 2 is 1.61 bits per heavy atom. The molecule has 0 unspecified atom stereocenters. The Hall–Kier alpha value is -2.42. The molecule has 90 valence electrons. The van der Waals surface area contributed by atoms with Gasteiger partial charge in [-0.2, -0.15) is 0 Å². The molecule has 2 aromatic carbocycles. The summed E-state index contributed by atoms with van der Waals surface area (Å²) >= 11 is 0. The van der Waals surface area contributed by atoms with Crippen LogP contribution in [0.15, 0.2) is 54.6 Å². The van der Waals surface area contributed by atoms with E-state index in [0.717, 1.165) is 0 Å². The number of hydrogen-bond acceptors (Lipinski definition) is 1. The van der Waals surface area contributed by atoms with Gasteiger partial charge in [-0.25, -0.2) is 9.18 Å². The lowest BCUT2D eigenvalue weighted by atomic mass is 10.0. The van der Waals surface area contributed by atoms with Gasteiger partial charge in [-0.1, -0.05) is 48.5 Å². The van der Waals surface area contributed by atoms with E-state index in [1.807, 2.05) is 0 Å². The van der Waals surface area contributed by atoms with Gasteiger partial charge in [0, 0.05) is 5.56 Å². The van der Waals surface area contributed by atoms with Crippen molar-refractivity contribution in [2.75, 3.05) is 0 Å². The van der Waals surface area contributed by atoms with Gasteiger partial charge in [0.1, 0.15) is 5.82 Å². The van der Waals surface area contributed by atoms with E-state index in [9.17, 15) is 14.3 Å². The Labute approximate surface area is 104 Å². The zero-order chi connectivity index (χ0) is 13.0. The lowest BCUT2D eigenvalue weighted by molar-refractivity contribution is -0.130. The highest BCUT2D eigenvalue weighted by Crippen LogP contribution is 2.19. The van der Waals surface area contributed by atoms with Crippen molar-refractivity contribution >= 4 is 17.6 Å². The van der Waals surface area contributed by atoms with Crippen LogP contribution >= 0.6 is 0 Å². The van der Waals surface area contributed by atoms with Crippen LogP contribution in [0.3, 0.4) is 0 Å². The Bertz CT molecular complexity index is 588. The van der Waals surface area contributed by atoms with E-state index in [2.05, 4.69) is 0 Å². The van der Waals surface area contributed by atoms with Gasteiger partial charge in [0.25, 0.3) is 0 Å². The van der Waals surface area contributed by atoms with Crippen molar-refractivity contribution in [3.05, 3.63) is 71.5 Å². The molecule has 2 rings (SSSR count). The standard InChI is InChI=1S/C15H11FO2/c16-14-9-5-4-8-12(14)10-13(15(17)18)11-6-2-1-3-7-11/h1-10H,(H,17,18)/b13-10+. The fourth-order valence-corrected chi connectivity index (χ4v) is 1.63. The van der Waals surface area contributed by atoms with Gasteiger partial charge in [0.05, 0.1) is 5.57 Å². The Morgan fingerprint density at radius 3 is 2.22 bits per heavy atom. The number of aliphatic carboxylic acids is 1. The van der Waals surface area contributed by atoms with E-state index in [4.69, 9.17) is 0 Å². The molecule has 0 atom stereocenters. The first-order valence-electron chi connectivity index (χ1n) is 5.43. The maximum Gasteiger partial charge on any atom is 0.336 e. The highest BCUT2D eigenvalue weighted by atomic mass is 19.1. The summed E-state index contributed by atoms with van der Waals surface area (Å²) in [4.78, 5) is 11.2. The summed E-state index contributed by atoms with van der Waals surface area (Å²) in [6.45, 7) is 0. The summed E-state index contributed by atoms with van der Waals surface area (Å²) in [5.41, 5.74) is 0.882. The second kappa shape index (κ2) is 5.27. The molecule has 0 saturated heterocycles. The molecule has 3 heteroatoms. The van der Waals surface area contributed by atoms with Crippen molar-refractivity contribution in [1.82, 2.24) is 0 Å². The molecule has 0 aliphatic carbocycles. The van der Waals surface area contributed by atoms with Crippen LogP contribution in [-0.4, -0.2) is 11.1 Å².